The molecule has 0 heterocycles. The lowest BCUT2D eigenvalue weighted by Gasteiger charge is -2.09. The van der Waals surface area contributed by atoms with Gasteiger partial charge in [0.05, 0.1) is 6.26 Å². The maximum absolute atomic E-state index is 14.8. The summed E-state index contributed by atoms with van der Waals surface area (Å²) in [5, 5.41) is 1.75. The molecule has 0 unspecified atom stereocenters. The third-order valence-corrected chi connectivity index (χ3v) is 5.22. The van der Waals surface area contributed by atoms with Gasteiger partial charge in [-0.1, -0.05) is 60.2 Å². The van der Waals surface area contributed by atoms with Gasteiger partial charge in [0.15, 0.2) is 0 Å². The van der Waals surface area contributed by atoms with E-state index in [0.717, 1.165) is 39.3 Å². The summed E-state index contributed by atoms with van der Waals surface area (Å²) in [7, 11) is -3.57. The summed E-state index contributed by atoms with van der Waals surface area (Å²) in [5.74, 6) is -0.00963. The Bertz CT molecular complexity index is 1310. The highest BCUT2D eigenvalue weighted by molar-refractivity contribution is 7.86. The number of benzene rings is 4. The first-order valence-electron chi connectivity index (χ1n) is 9.09. The van der Waals surface area contributed by atoms with Crippen LogP contribution in [-0.2, 0) is 10.1 Å². The molecule has 0 aliphatic heterocycles. The number of hydrogen-bond acceptors (Lipinski definition) is 3. The molecule has 146 valence electrons. The third kappa shape index (κ3) is 4.30. The van der Waals surface area contributed by atoms with Gasteiger partial charge < -0.3 is 4.18 Å². The predicted octanol–water partition coefficient (Wildman–Crippen LogP) is 5.96. The number of hydrogen-bond donors (Lipinski definition) is 0. The van der Waals surface area contributed by atoms with E-state index in [1.807, 2.05) is 55.5 Å². The van der Waals surface area contributed by atoms with Gasteiger partial charge in [-0.2, -0.15) is 8.42 Å². The predicted molar refractivity (Wildman–Crippen MR) is 115 cm³/mol. The molecule has 0 bridgehead atoms. The van der Waals surface area contributed by atoms with Crippen LogP contribution in [-0.4, -0.2) is 14.7 Å². The van der Waals surface area contributed by atoms with E-state index < -0.39 is 10.1 Å². The van der Waals surface area contributed by atoms with Crippen molar-refractivity contribution in [1.82, 2.24) is 0 Å². The lowest BCUT2D eigenvalue weighted by atomic mass is 9.97. The van der Waals surface area contributed by atoms with Crippen molar-refractivity contribution in [3.8, 4) is 28.0 Å². The van der Waals surface area contributed by atoms with Gasteiger partial charge in [0, 0.05) is 5.56 Å². The summed E-state index contributed by atoms with van der Waals surface area (Å²) >= 11 is 0. The fourth-order valence-electron chi connectivity index (χ4n) is 3.29. The fraction of sp³-hybridized carbons (Fsp3) is 0.0833. The van der Waals surface area contributed by atoms with Crippen LogP contribution in [0.3, 0.4) is 0 Å². The van der Waals surface area contributed by atoms with E-state index in [2.05, 4.69) is 0 Å². The van der Waals surface area contributed by atoms with Crippen molar-refractivity contribution in [1.29, 1.82) is 0 Å². The monoisotopic (exact) mass is 406 g/mol. The van der Waals surface area contributed by atoms with Gasteiger partial charge in [-0.15, -0.1) is 0 Å². The molecular formula is C24H19FO3S. The molecule has 0 radical (unpaired) electrons. The van der Waals surface area contributed by atoms with Crippen molar-refractivity contribution in [2.24, 2.45) is 0 Å². The quantitative estimate of drug-likeness (QED) is 0.393. The minimum atomic E-state index is -3.57. The van der Waals surface area contributed by atoms with Crippen LogP contribution in [0.15, 0.2) is 78.9 Å². The summed E-state index contributed by atoms with van der Waals surface area (Å²) in [4.78, 5) is 0. The zero-order valence-electron chi connectivity index (χ0n) is 16.0. The fourth-order valence-corrected chi connectivity index (χ4v) is 3.75. The van der Waals surface area contributed by atoms with E-state index in [9.17, 15) is 12.8 Å². The summed E-state index contributed by atoms with van der Waals surface area (Å²) < 4.78 is 42.3. The van der Waals surface area contributed by atoms with E-state index in [0.29, 0.717) is 5.56 Å². The van der Waals surface area contributed by atoms with Crippen LogP contribution in [0.2, 0.25) is 0 Å². The molecule has 0 spiro atoms. The number of aryl methyl sites for hydroxylation is 1. The van der Waals surface area contributed by atoms with Crippen LogP contribution in [0.25, 0.3) is 33.0 Å². The zero-order valence-corrected chi connectivity index (χ0v) is 16.8. The molecule has 3 nitrogen and oxygen atoms in total. The molecule has 0 N–H and O–H groups in total. The van der Waals surface area contributed by atoms with Crippen molar-refractivity contribution in [3.05, 3.63) is 90.2 Å². The zero-order chi connectivity index (χ0) is 20.6. The van der Waals surface area contributed by atoms with E-state index in [4.69, 9.17) is 4.18 Å². The highest BCUT2D eigenvalue weighted by Crippen LogP contribution is 2.31. The largest absolute Gasteiger partial charge is 0.383 e. The normalized spacial score (nSPS) is 11.6. The second kappa shape index (κ2) is 7.33. The van der Waals surface area contributed by atoms with E-state index in [1.165, 1.54) is 6.07 Å². The Morgan fingerprint density at radius 1 is 0.724 bits per heavy atom. The first-order chi connectivity index (χ1) is 13.8. The summed E-state index contributed by atoms with van der Waals surface area (Å²) in [6, 6.07) is 23.8. The maximum atomic E-state index is 14.8. The van der Waals surface area contributed by atoms with Crippen LogP contribution < -0.4 is 4.18 Å². The van der Waals surface area contributed by atoms with Crippen molar-refractivity contribution < 1.29 is 17.0 Å². The van der Waals surface area contributed by atoms with Gasteiger partial charge in [-0.05, 0) is 58.7 Å². The third-order valence-electron chi connectivity index (χ3n) is 4.72. The van der Waals surface area contributed by atoms with E-state index in [1.54, 1.807) is 24.3 Å². The topological polar surface area (TPSA) is 43.4 Å². The Labute approximate surface area is 169 Å². The first kappa shape index (κ1) is 19.2. The first-order valence-corrected chi connectivity index (χ1v) is 10.9. The Morgan fingerprint density at radius 3 is 2.00 bits per heavy atom. The lowest BCUT2D eigenvalue weighted by molar-refractivity contribution is 0.493. The van der Waals surface area contributed by atoms with Crippen molar-refractivity contribution in [2.45, 2.75) is 6.92 Å². The molecule has 0 aliphatic carbocycles. The Morgan fingerprint density at radius 2 is 1.31 bits per heavy atom. The summed E-state index contributed by atoms with van der Waals surface area (Å²) in [6.07, 6.45) is 1.01. The number of fused-ring (bicyclic) bond motifs is 1. The molecule has 4 rings (SSSR count). The van der Waals surface area contributed by atoms with Crippen molar-refractivity contribution in [3.63, 3.8) is 0 Å². The van der Waals surface area contributed by atoms with E-state index >= 15 is 0 Å². The molecule has 0 aliphatic rings. The molecule has 4 aromatic carbocycles. The van der Waals surface area contributed by atoms with Gasteiger partial charge in [0.2, 0.25) is 0 Å². The van der Waals surface area contributed by atoms with Crippen molar-refractivity contribution >= 4 is 20.9 Å². The minimum absolute atomic E-state index is 0.265. The van der Waals surface area contributed by atoms with Gasteiger partial charge in [0.25, 0.3) is 0 Å². The van der Waals surface area contributed by atoms with Crippen LogP contribution in [0.1, 0.15) is 5.56 Å². The lowest BCUT2D eigenvalue weighted by Crippen LogP contribution is -2.05. The van der Waals surface area contributed by atoms with Crippen molar-refractivity contribution in [2.75, 3.05) is 6.26 Å². The van der Waals surface area contributed by atoms with Crippen LogP contribution in [0.5, 0.6) is 5.75 Å². The van der Waals surface area contributed by atoms with Crippen LogP contribution in [0, 0.1) is 12.7 Å². The van der Waals surface area contributed by atoms with Crippen LogP contribution in [0.4, 0.5) is 4.39 Å². The standard InChI is InChI=1S/C24H19FO3S/c1-16-3-5-17(6-4-16)23-12-10-21(15-24(23)25)18-7-8-20-14-22(28-29(2,26)27)11-9-19(20)13-18/h3-15H,1-2H3. The smallest absolute Gasteiger partial charge is 0.306 e. The molecule has 0 aromatic heterocycles. The molecule has 0 atom stereocenters. The molecule has 0 saturated heterocycles. The maximum Gasteiger partial charge on any atom is 0.306 e. The second-order valence-electron chi connectivity index (χ2n) is 7.07. The Hall–Kier alpha value is -3.18. The molecule has 29 heavy (non-hydrogen) atoms. The molecule has 0 fully saturated rings. The van der Waals surface area contributed by atoms with Gasteiger partial charge in [-0.25, -0.2) is 4.39 Å². The molecule has 4 aromatic rings. The Kier molecular flexibility index (Phi) is 4.84. The molecule has 5 heteroatoms. The molecular weight excluding hydrogens is 387 g/mol. The average molecular weight is 406 g/mol. The number of halogens is 1. The summed E-state index contributed by atoms with van der Waals surface area (Å²) in [5.41, 5.74) is 4.20. The minimum Gasteiger partial charge on any atom is -0.383 e. The van der Waals surface area contributed by atoms with Gasteiger partial charge in [-0.3, -0.25) is 0 Å². The summed E-state index contributed by atoms with van der Waals surface area (Å²) in [6.45, 7) is 2.00. The molecule has 0 saturated carbocycles. The van der Waals surface area contributed by atoms with Gasteiger partial charge >= 0.3 is 10.1 Å². The second-order valence-corrected chi connectivity index (χ2v) is 8.65. The van der Waals surface area contributed by atoms with Crippen LogP contribution >= 0.6 is 0 Å². The number of rotatable bonds is 4. The van der Waals surface area contributed by atoms with E-state index in [-0.39, 0.29) is 11.6 Å². The highest BCUT2D eigenvalue weighted by Gasteiger charge is 2.09. The highest BCUT2D eigenvalue weighted by atomic mass is 32.2. The Balaban J connectivity index is 1.68. The average Bonchev–Trinajstić information content (AvgIpc) is 2.67. The SMILES string of the molecule is Cc1ccc(-c2ccc(-c3ccc4cc(OS(C)(=O)=O)ccc4c3)cc2F)cc1. The van der Waals surface area contributed by atoms with Gasteiger partial charge in [0.1, 0.15) is 11.6 Å². The molecule has 0 amide bonds.